The van der Waals surface area contributed by atoms with Crippen LogP contribution in [0.3, 0.4) is 0 Å². The van der Waals surface area contributed by atoms with E-state index in [4.69, 9.17) is 11.6 Å². The molecule has 0 amide bonds. The SMILES string of the molecule is CC.Cc1cc(F)cc(-c2ccc(Cc3nc4c(C)cc(Cl)cc4c(=O)[nH]3)cn2)c1. The lowest BCUT2D eigenvalue weighted by molar-refractivity contribution is 0.627. The predicted octanol–water partition coefficient (Wildman–Crippen LogP) is 6.01. The first kappa shape index (κ1) is 21.7. The van der Waals surface area contributed by atoms with Crippen LogP contribution >= 0.6 is 11.6 Å². The molecule has 0 aliphatic rings. The molecule has 4 rings (SSSR count). The van der Waals surface area contributed by atoms with Gasteiger partial charge in [-0.3, -0.25) is 9.78 Å². The minimum Gasteiger partial charge on any atom is -0.310 e. The molecule has 0 spiro atoms. The smallest absolute Gasteiger partial charge is 0.258 e. The molecule has 0 saturated carbocycles. The van der Waals surface area contributed by atoms with Crippen LogP contribution in [0.2, 0.25) is 5.02 Å². The molecule has 2 aromatic carbocycles. The van der Waals surface area contributed by atoms with Crippen molar-refractivity contribution in [2.24, 2.45) is 0 Å². The summed E-state index contributed by atoms with van der Waals surface area (Å²) in [6.45, 7) is 7.72. The van der Waals surface area contributed by atoms with Gasteiger partial charge in [0.05, 0.1) is 16.6 Å². The number of aromatic nitrogens is 3. The molecule has 2 heterocycles. The summed E-state index contributed by atoms with van der Waals surface area (Å²) in [6, 6.07) is 12.0. The highest BCUT2D eigenvalue weighted by atomic mass is 35.5. The van der Waals surface area contributed by atoms with Gasteiger partial charge in [-0.05, 0) is 66.9 Å². The lowest BCUT2D eigenvalue weighted by atomic mass is 10.1. The Balaban J connectivity index is 0.00000124. The van der Waals surface area contributed by atoms with E-state index in [1.807, 2.05) is 45.9 Å². The summed E-state index contributed by atoms with van der Waals surface area (Å²) in [5, 5.41) is 0.987. The minimum absolute atomic E-state index is 0.217. The van der Waals surface area contributed by atoms with Crippen LogP contribution in [0.4, 0.5) is 4.39 Å². The molecule has 6 heteroatoms. The van der Waals surface area contributed by atoms with Crippen molar-refractivity contribution >= 4 is 22.5 Å². The first-order valence-corrected chi connectivity index (χ1v) is 10.2. The molecule has 0 bridgehead atoms. The summed E-state index contributed by atoms with van der Waals surface area (Å²) in [4.78, 5) is 24.2. The van der Waals surface area contributed by atoms with Gasteiger partial charge in [0.2, 0.25) is 0 Å². The van der Waals surface area contributed by atoms with Gasteiger partial charge < -0.3 is 4.98 Å². The third kappa shape index (κ3) is 4.74. The summed E-state index contributed by atoms with van der Waals surface area (Å²) in [5.74, 6) is 0.272. The lowest BCUT2D eigenvalue weighted by Crippen LogP contribution is -2.13. The molecular weight excluding hydrogens is 401 g/mol. The van der Waals surface area contributed by atoms with Crippen molar-refractivity contribution in [3.8, 4) is 11.3 Å². The molecule has 0 fully saturated rings. The quantitative estimate of drug-likeness (QED) is 0.439. The number of aromatic amines is 1. The number of hydrogen-bond donors (Lipinski definition) is 1. The van der Waals surface area contributed by atoms with Crippen molar-refractivity contribution in [3.05, 3.63) is 92.4 Å². The van der Waals surface area contributed by atoms with Crippen LogP contribution in [-0.2, 0) is 6.42 Å². The average molecular weight is 424 g/mol. The van der Waals surface area contributed by atoms with Gasteiger partial charge in [-0.15, -0.1) is 0 Å². The maximum atomic E-state index is 13.6. The second kappa shape index (κ2) is 9.18. The van der Waals surface area contributed by atoms with Gasteiger partial charge in [-0.1, -0.05) is 31.5 Å². The van der Waals surface area contributed by atoms with E-state index in [0.717, 1.165) is 22.3 Å². The van der Waals surface area contributed by atoms with Gasteiger partial charge >= 0.3 is 0 Å². The number of nitrogens with one attached hydrogen (secondary N) is 1. The van der Waals surface area contributed by atoms with E-state index in [1.54, 1.807) is 18.3 Å². The monoisotopic (exact) mass is 423 g/mol. The number of aryl methyl sites for hydroxylation is 2. The molecule has 2 aromatic heterocycles. The maximum Gasteiger partial charge on any atom is 0.258 e. The Bertz CT molecular complexity index is 1230. The van der Waals surface area contributed by atoms with Crippen LogP contribution in [0.15, 0.2) is 53.5 Å². The Morgan fingerprint density at radius 3 is 2.50 bits per heavy atom. The number of rotatable bonds is 3. The van der Waals surface area contributed by atoms with E-state index in [0.29, 0.717) is 33.9 Å². The normalized spacial score (nSPS) is 10.6. The van der Waals surface area contributed by atoms with Gasteiger partial charge in [-0.25, -0.2) is 9.37 Å². The second-order valence-electron chi connectivity index (χ2n) is 6.88. The van der Waals surface area contributed by atoms with Crippen molar-refractivity contribution in [2.75, 3.05) is 0 Å². The molecule has 154 valence electrons. The van der Waals surface area contributed by atoms with Crippen molar-refractivity contribution in [3.63, 3.8) is 0 Å². The van der Waals surface area contributed by atoms with E-state index in [2.05, 4.69) is 15.0 Å². The molecule has 30 heavy (non-hydrogen) atoms. The summed E-state index contributed by atoms with van der Waals surface area (Å²) in [5.41, 5.74) is 4.43. The summed E-state index contributed by atoms with van der Waals surface area (Å²) >= 11 is 6.04. The molecule has 4 aromatic rings. The number of hydrogen-bond acceptors (Lipinski definition) is 3. The molecular formula is C24H23ClFN3O. The zero-order valence-electron chi connectivity index (χ0n) is 17.4. The number of halogens is 2. The highest BCUT2D eigenvalue weighted by Gasteiger charge is 2.09. The zero-order chi connectivity index (χ0) is 21.8. The van der Waals surface area contributed by atoms with Crippen molar-refractivity contribution in [1.82, 2.24) is 15.0 Å². The fourth-order valence-corrected chi connectivity index (χ4v) is 3.55. The lowest BCUT2D eigenvalue weighted by Gasteiger charge is -2.07. The van der Waals surface area contributed by atoms with Crippen LogP contribution in [0.1, 0.15) is 36.4 Å². The molecule has 0 unspecified atom stereocenters. The third-order valence-corrected chi connectivity index (χ3v) is 4.77. The summed E-state index contributed by atoms with van der Waals surface area (Å²) in [6.07, 6.45) is 2.15. The fourth-order valence-electron chi connectivity index (χ4n) is 3.28. The second-order valence-corrected chi connectivity index (χ2v) is 7.31. The number of pyridine rings is 1. The Kier molecular flexibility index (Phi) is 6.63. The van der Waals surface area contributed by atoms with Gasteiger partial charge in [0.1, 0.15) is 11.6 Å². The Labute approximate surface area is 179 Å². The zero-order valence-corrected chi connectivity index (χ0v) is 18.1. The molecule has 0 aliphatic heterocycles. The maximum absolute atomic E-state index is 13.6. The van der Waals surface area contributed by atoms with E-state index in [-0.39, 0.29) is 11.4 Å². The fraction of sp³-hybridized carbons (Fsp3) is 0.208. The molecule has 4 nitrogen and oxygen atoms in total. The first-order chi connectivity index (χ1) is 14.4. The highest BCUT2D eigenvalue weighted by molar-refractivity contribution is 6.31. The standard InChI is InChI=1S/C22H17ClFN3O.C2H6/c1-12-5-15(9-17(24)6-12)19-4-3-14(11-25-19)8-20-26-21-13(2)7-16(23)10-18(21)22(28)27-20;1-2/h3-7,9-11H,8H2,1-2H3,(H,26,27,28);1-2H3. The van der Waals surface area contributed by atoms with Gasteiger partial charge in [0.15, 0.2) is 0 Å². The Morgan fingerprint density at radius 1 is 1.07 bits per heavy atom. The van der Waals surface area contributed by atoms with Gasteiger partial charge in [0.25, 0.3) is 5.56 Å². The van der Waals surface area contributed by atoms with Crippen molar-refractivity contribution < 1.29 is 4.39 Å². The third-order valence-electron chi connectivity index (χ3n) is 4.55. The van der Waals surface area contributed by atoms with E-state index < -0.39 is 0 Å². The van der Waals surface area contributed by atoms with Crippen molar-refractivity contribution in [2.45, 2.75) is 34.1 Å². The van der Waals surface area contributed by atoms with E-state index in [9.17, 15) is 9.18 Å². The van der Waals surface area contributed by atoms with Crippen LogP contribution in [0.5, 0.6) is 0 Å². The summed E-state index contributed by atoms with van der Waals surface area (Å²) < 4.78 is 13.6. The minimum atomic E-state index is -0.283. The molecule has 0 atom stereocenters. The topological polar surface area (TPSA) is 58.6 Å². The van der Waals surface area contributed by atoms with Crippen LogP contribution in [0.25, 0.3) is 22.2 Å². The van der Waals surface area contributed by atoms with Crippen LogP contribution in [0, 0.1) is 19.7 Å². The highest BCUT2D eigenvalue weighted by Crippen LogP contribution is 2.22. The summed E-state index contributed by atoms with van der Waals surface area (Å²) in [7, 11) is 0. The van der Waals surface area contributed by atoms with Gasteiger partial charge in [-0.2, -0.15) is 0 Å². The Morgan fingerprint density at radius 2 is 1.83 bits per heavy atom. The Hall–Kier alpha value is -3.05. The van der Waals surface area contributed by atoms with Crippen LogP contribution < -0.4 is 5.56 Å². The molecule has 0 aliphatic carbocycles. The molecule has 0 saturated heterocycles. The van der Waals surface area contributed by atoms with Crippen molar-refractivity contribution in [1.29, 1.82) is 0 Å². The number of nitrogens with zero attached hydrogens (tertiary/aromatic N) is 2. The van der Waals surface area contributed by atoms with Gasteiger partial charge in [0, 0.05) is 23.2 Å². The largest absolute Gasteiger partial charge is 0.310 e. The predicted molar refractivity (Wildman–Crippen MR) is 121 cm³/mol. The molecule has 1 N–H and O–H groups in total. The van der Waals surface area contributed by atoms with E-state index >= 15 is 0 Å². The number of benzene rings is 2. The first-order valence-electron chi connectivity index (χ1n) is 9.80. The number of H-pyrrole nitrogens is 1. The van der Waals surface area contributed by atoms with E-state index in [1.165, 1.54) is 12.1 Å². The number of fused-ring (bicyclic) bond motifs is 1. The molecule has 0 radical (unpaired) electrons. The average Bonchev–Trinajstić information content (AvgIpc) is 2.70. The van der Waals surface area contributed by atoms with Crippen LogP contribution in [-0.4, -0.2) is 15.0 Å².